The summed E-state index contributed by atoms with van der Waals surface area (Å²) in [7, 11) is 3.67. The molecule has 1 N–H and O–H groups in total. The van der Waals surface area contributed by atoms with Crippen molar-refractivity contribution in [1.29, 1.82) is 0 Å². The Hall–Kier alpha value is -1.93. The zero-order valence-corrected chi connectivity index (χ0v) is 28.8. The van der Waals surface area contributed by atoms with Crippen LogP contribution in [0.4, 0.5) is 0 Å². The standard InChI is InChI=1S/C36H57NO7/c1-21(2)22(3)32(5)15-16-34(7)24-11-12-27-33(6)19-42-20-36(27,25(24)13-14-35(34,8)29(32)31(40)41)17-26(43-23(4)38)30(33)44-28(39)18-37(9)10/h13,21-22,24,26-27,29-30H,11-12,14-20H2,1-10H3,(H,40,41)/t22-,24+,26-,27+,29-,30+,32-,33-,34-,35+,36-/m1/s1. The smallest absolute Gasteiger partial charge is 0.320 e. The van der Waals surface area contributed by atoms with Crippen LogP contribution in [0.1, 0.15) is 93.9 Å². The largest absolute Gasteiger partial charge is 0.481 e. The number of fused-ring (bicyclic) bond motifs is 3. The average molecular weight is 616 g/mol. The van der Waals surface area contributed by atoms with Gasteiger partial charge in [-0.1, -0.05) is 60.1 Å². The van der Waals surface area contributed by atoms with Crippen LogP contribution in [0.5, 0.6) is 0 Å². The number of aliphatic carboxylic acids is 1. The van der Waals surface area contributed by atoms with Crippen molar-refractivity contribution in [1.82, 2.24) is 4.90 Å². The lowest BCUT2D eigenvalue weighted by Crippen LogP contribution is -2.70. The highest BCUT2D eigenvalue weighted by atomic mass is 16.6. The van der Waals surface area contributed by atoms with E-state index in [-0.39, 0.29) is 52.5 Å². The summed E-state index contributed by atoms with van der Waals surface area (Å²) >= 11 is 0. The van der Waals surface area contributed by atoms with E-state index in [1.54, 1.807) is 4.90 Å². The van der Waals surface area contributed by atoms with Gasteiger partial charge in [0.25, 0.3) is 0 Å². The van der Waals surface area contributed by atoms with E-state index in [4.69, 9.17) is 14.2 Å². The molecule has 0 radical (unpaired) electrons. The average Bonchev–Trinajstić information content (AvgIpc) is 2.90. The Bertz CT molecular complexity index is 1210. The predicted octanol–water partition coefficient (Wildman–Crippen LogP) is 5.98. The van der Waals surface area contributed by atoms with Gasteiger partial charge in [-0.3, -0.25) is 19.3 Å². The third-order valence-electron chi connectivity index (χ3n) is 14.1. The number of carbonyl (C=O) groups is 3. The van der Waals surface area contributed by atoms with Gasteiger partial charge in [-0.15, -0.1) is 0 Å². The van der Waals surface area contributed by atoms with Gasteiger partial charge in [0.05, 0.1) is 25.7 Å². The van der Waals surface area contributed by atoms with Crippen LogP contribution < -0.4 is 0 Å². The van der Waals surface area contributed by atoms with Crippen LogP contribution in [-0.4, -0.2) is 74.0 Å². The van der Waals surface area contributed by atoms with Crippen molar-refractivity contribution < 1.29 is 33.7 Å². The van der Waals surface area contributed by atoms with Gasteiger partial charge in [-0.2, -0.15) is 0 Å². The van der Waals surface area contributed by atoms with Crippen molar-refractivity contribution in [3.05, 3.63) is 11.6 Å². The number of hydrogen-bond acceptors (Lipinski definition) is 7. The topological polar surface area (TPSA) is 102 Å². The summed E-state index contributed by atoms with van der Waals surface area (Å²) in [6.45, 7) is 18.3. The molecule has 11 atom stereocenters. The van der Waals surface area contributed by atoms with Crippen molar-refractivity contribution in [3.63, 3.8) is 0 Å². The molecule has 1 heterocycles. The predicted molar refractivity (Wildman–Crippen MR) is 168 cm³/mol. The van der Waals surface area contributed by atoms with Gasteiger partial charge < -0.3 is 19.3 Å². The first-order chi connectivity index (χ1) is 20.4. The van der Waals surface area contributed by atoms with Gasteiger partial charge in [-0.25, -0.2) is 0 Å². The third kappa shape index (κ3) is 4.70. The molecular formula is C36H57NO7. The molecule has 0 amide bonds. The van der Waals surface area contributed by atoms with Crippen LogP contribution in [0, 0.1) is 56.7 Å². The van der Waals surface area contributed by atoms with Gasteiger partial charge in [0.1, 0.15) is 12.2 Å². The summed E-state index contributed by atoms with van der Waals surface area (Å²) < 4.78 is 18.7. The number of ether oxygens (including phenoxy) is 3. The molecule has 4 fully saturated rings. The lowest BCUT2D eigenvalue weighted by atomic mass is 9.34. The molecule has 5 aliphatic rings. The minimum Gasteiger partial charge on any atom is -0.481 e. The number of esters is 2. The first kappa shape index (κ1) is 33.4. The van der Waals surface area contributed by atoms with E-state index in [1.807, 2.05) is 14.1 Å². The molecule has 0 unspecified atom stereocenters. The van der Waals surface area contributed by atoms with Crippen LogP contribution in [0.25, 0.3) is 0 Å². The molecule has 1 saturated heterocycles. The van der Waals surface area contributed by atoms with Gasteiger partial charge in [0.15, 0.2) is 0 Å². The van der Waals surface area contributed by atoms with E-state index in [0.717, 1.165) is 25.7 Å². The highest BCUT2D eigenvalue weighted by molar-refractivity contribution is 5.73. The molecule has 3 saturated carbocycles. The SMILES string of the molecule is CC(=O)O[C@@H]1C[C@]23COC[C@](C)([C@@H]2CC[C@H]2C3=CC[C@@]3(C)[C@H](C(=O)O)[C@@](C)([C@H](C)C(C)C)CC[C@]23C)[C@H]1OC(=O)CN(C)C. The minimum absolute atomic E-state index is 0.152. The maximum Gasteiger partial charge on any atom is 0.320 e. The van der Waals surface area contributed by atoms with Crippen LogP contribution in [-0.2, 0) is 28.6 Å². The first-order valence-electron chi connectivity index (χ1n) is 16.9. The Kier molecular flexibility index (Phi) is 8.44. The second-order valence-corrected chi connectivity index (χ2v) is 16.8. The fourth-order valence-corrected chi connectivity index (χ4v) is 11.5. The molecule has 1 aliphatic heterocycles. The van der Waals surface area contributed by atoms with Crippen molar-refractivity contribution in [2.75, 3.05) is 33.9 Å². The number of carboxylic acids is 1. The summed E-state index contributed by atoms with van der Waals surface area (Å²) in [6, 6.07) is 0. The highest BCUT2D eigenvalue weighted by Gasteiger charge is 2.72. The van der Waals surface area contributed by atoms with Crippen LogP contribution in [0.3, 0.4) is 0 Å². The zero-order chi connectivity index (χ0) is 32.6. The van der Waals surface area contributed by atoms with Crippen LogP contribution >= 0.6 is 0 Å². The van der Waals surface area contributed by atoms with E-state index in [9.17, 15) is 19.5 Å². The van der Waals surface area contributed by atoms with Gasteiger partial charge >= 0.3 is 17.9 Å². The molecule has 44 heavy (non-hydrogen) atoms. The molecule has 8 heteroatoms. The zero-order valence-electron chi connectivity index (χ0n) is 28.8. The Labute approximate surface area is 264 Å². The minimum atomic E-state index is -0.666. The van der Waals surface area contributed by atoms with Crippen LogP contribution in [0.15, 0.2) is 11.6 Å². The number of allylic oxidation sites excluding steroid dienone is 1. The Morgan fingerprint density at radius 2 is 1.70 bits per heavy atom. The Morgan fingerprint density at radius 1 is 1.02 bits per heavy atom. The monoisotopic (exact) mass is 615 g/mol. The molecule has 2 bridgehead atoms. The summed E-state index contributed by atoms with van der Waals surface area (Å²) in [5.74, 6) is -0.716. The van der Waals surface area contributed by atoms with Gasteiger partial charge in [0.2, 0.25) is 0 Å². The summed E-state index contributed by atoms with van der Waals surface area (Å²) in [5.41, 5.74) is -0.394. The second kappa shape index (κ2) is 11.1. The van der Waals surface area contributed by atoms with Crippen molar-refractivity contribution in [3.8, 4) is 0 Å². The van der Waals surface area contributed by atoms with E-state index in [1.165, 1.54) is 12.5 Å². The molecule has 0 aromatic rings. The summed E-state index contributed by atoms with van der Waals surface area (Å²) in [4.78, 5) is 40.5. The van der Waals surface area contributed by atoms with E-state index in [2.05, 4.69) is 54.5 Å². The molecular weight excluding hydrogens is 558 g/mol. The third-order valence-corrected chi connectivity index (χ3v) is 14.1. The molecule has 4 aliphatic carbocycles. The number of carboxylic acid groups (broad SMARTS) is 1. The van der Waals surface area contributed by atoms with Gasteiger partial charge in [0, 0.05) is 17.8 Å². The molecule has 248 valence electrons. The molecule has 5 rings (SSSR count). The number of hydrogen-bond donors (Lipinski definition) is 1. The maximum atomic E-state index is 13.3. The lowest BCUT2D eigenvalue weighted by Gasteiger charge is -2.71. The quantitative estimate of drug-likeness (QED) is 0.276. The van der Waals surface area contributed by atoms with E-state index >= 15 is 0 Å². The Balaban J connectivity index is 1.59. The number of nitrogens with zero attached hydrogens (tertiary/aromatic N) is 1. The molecule has 0 aromatic heterocycles. The number of rotatable bonds is 7. The second-order valence-electron chi connectivity index (χ2n) is 16.8. The normalized spacial score (nSPS) is 45.4. The lowest BCUT2D eigenvalue weighted by molar-refractivity contribution is -0.263. The number of carbonyl (C=O) groups excluding carboxylic acids is 2. The van der Waals surface area contributed by atoms with Crippen molar-refractivity contribution in [2.45, 2.75) is 106 Å². The molecule has 8 nitrogen and oxygen atoms in total. The molecule has 0 aromatic carbocycles. The first-order valence-corrected chi connectivity index (χ1v) is 16.9. The fraction of sp³-hybridized carbons (Fsp3) is 0.861. The summed E-state index contributed by atoms with van der Waals surface area (Å²) in [6.07, 6.45) is 6.27. The summed E-state index contributed by atoms with van der Waals surface area (Å²) in [5, 5.41) is 10.9. The van der Waals surface area contributed by atoms with Crippen molar-refractivity contribution >= 4 is 17.9 Å². The molecule has 0 spiro atoms. The van der Waals surface area contributed by atoms with Gasteiger partial charge in [-0.05, 0) is 92.5 Å². The number of likely N-dealkylation sites (N-methyl/N-ethyl adjacent to an activating group) is 1. The van der Waals surface area contributed by atoms with E-state index < -0.39 is 34.9 Å². The Morgan fingerprint density at radius 3 is 2.30 bits per heavy atom. The van der Waals surface area contributed by atoms with Crippen LogP contribution in [0.2, 0.25) is 0 Å². The maximum absolute atomic E-state index is 13.3. The van der Waals surface area contributed by atoms with E-state index in [0.29, 0.717) is 32.0 Å². The van der Waals surface area contributed by atoms with Crippen molar-refractivity contribution in [2.24, 2.45) is 56.7 Å². The fourth-order valence-electron chi connectivity index (χ4n) is 11.5. The highest BCUT2D eigenvalue weighted by Crippen LogP contribution is 2.75.